The normalized spacial score (nSPS) is 16.4. The Bertz CT molecular complexity index is 1160. The molecule has 0 aromatic heterocycles. The molecule has 1 aliphatic heterocycles. The number of nitrogens with zero attached hydrogens (tertiary/aromatic N) is 1. The Kier molecular flexibility index (Phi) is 4.42. The van der Waals surface area contributed by atoms with Crippen LogP contribution in [0.1, 0.15) is 23.1 Å². The molecule has 1 aliphatic carbocycles. The van der Waals surface area contributed by atoms with Crippen molar-refractivity contribution >= 4 is 9.84 Å². The SMILES string of the molecule is N#Cc1cc(F)cc(Oc2ccc(S(=O)(=O)C(F)F)c3c2CCC32OC=CO2)c1. The average molecular weight is 423 g/mol. The number of hydrogen-bond acceptors (Lipinski definition) is 6. The van der Waals surface area contributed by atoms with Crippen LogP contribution in [0, 0.1) is 17.1 Å². The first kappa shape index (κ1) is 19.1. The lowest BCUT2D eigenvalue weighted by molar-refractivity contribution is -0.148. The van der Waals surface area contributed by atoms with E-state index in [-0.39, 0.29) is 41.0 Å². The quantitative estimate of drug-likeness (QED) is 0.736. The van der Waals surface area contributed by atoms with E-state index in [1.165, 1.54) is 24.7 Å². The second kappa shape index (κ2) is 6.70. The summed E-state index contributed by atoms with van der Waals surface area (Å²) in [6, 6.07) is 7.37. The summed E-state index contributed by atoms with van der Waals surface area (Å²) in [4.78, 5) is -0.618. The third-order valence-corrected chi connectivity index (χ3v) is 6.08. The standard InChI is InChI=1S/C19H12F3NO5S/c20-12-7-11(10-23)8-13(9-12)28-15-1-2-16(29(24,25)18(21)22)17-14(15)3-4-19(17)26-5-6-27-19/h1-2,5-9,18H,3-4H2. The fourth-order valence-corrected chi connectivity index (χ4v) is 4.48. The van der Waals surface area contributed by atoms with Crippen LogP contribution in [0.2, 0.25) is 0 Å². The van der Waals surface area contributed by atoms with E-state index in [2.05, 4.69) is 0 Å². The molecule has 2 aromatic rings. The van der Waals surface area contributed by atoms with Crippen LogP contribution in [0.25, 0.3) is 0 Å². The molecule has 0 N–H and O–H groups in total. The molecule has 0 atom stereocenters. The second-order valence-electron chi connectivity index (χ2n) is 6.37. The summed E-state index contributed by atoms with van der Waals surface area (Å²) in [5.41, 5.74) is 0.243. The van der Waals surface area contributed by atoms with Gasteiger partial charge in [-0.05, 0) is 30.7 Å². The maximum atomic E-state index is 13.7. The number of halogens is 3. The lowest BCUT2D eigenvalue weighted by atomic mass is 10.1. The van der Waals surface area contributed by atoms with Crippen molar-refractivity contribution in [1.82, 2.24) is 0 Å². The first-order valence-electron chi connectivity index (χ1n) is 8.34. The number of hydrogen-bond donors (Lipinski definition) is 0. The molecule has 6 nitrogen and oxygen atoms in total. The molecule has 4 rings (SSSR count). The molecule has 1 heterocycles. The van der Waals surface area contributed by atoms with Crippen molar-refractivity contribution in [3.05, 3.63) is 65.4 Å². The van der Waals surface area contributed by atoms with Gasteiger partial charge in [-0.2, -0.15) is 14.0 Å². The first-order chi connectivity index (χ1) is 13.8. The van der Waals surface area contributed by atoms with Gasteiger partial charge in [0.15, 0.2) is 0 Å². The van der Waals surface area contributed by atoms with E-state index in [9.17, 15) is 21.6 Å². The Morgan fingerprint density at radius 2 is 1.90 bits per heavy atom. The third kappa shape index (κ3) is 3.07. The van der Waals surface area contributed by atoms with E-state index < -0.39 is 32.1 Å². The van der Waals surface area contributed by atoms with Gasteiger partial charge in [-0.3, -0.25) is 0 Å². The molecule has 0 unspecified atom stereocenters. The lowest BCUT2D eigenvalue weighted by Gasteiger charge is -2.26. The monoisotopic (exact) mass is 423 g/mol. The number of rotatable bonds is 4. The van der Waals surface area contributed by atoms with E-state index in [0.717, 1.165) is 18.2 Å². The summed E-state index contributed by atoms with van der Waals surface area (Å²) in [5, 5.41) is 8.97. The van der Waals surface area contributed by atoms with Crippen LogP contribution in [0.3, 0.4) is 0 Å². The van der Waals surface area contributed by atoms with Gasteiger partial charge in [-0.25, -0.2) is 12.8 Å². The maximum Gasteiger partial charge on any atom is 0.341 e. The predicted octanol–water partition coefficient (Wildman–Crippen LogP) is 4.10. The van der Waals surface area contributed by atoms with Crippen LogP contribution in [0.5, 0.6) is 11.5 Å². The Morgan fingerprint density at radius 3 is 2.55 bits per heavy atom. The molecule has 0 saturated heterocycles. The minimum absolute atomic E-state index is 0.000510. The highest BCUT2D eigenvalue weighted by atomic mass is 32.2. The summed E-state index contributed by atoms with van der Waals surface area (Å²) >= 11 is 0. The van der Waals surface area contributed by atoms with Crippen LogP contribution < -0.4 is 4.74 Å². The zero-order chi connectivity index (χ0) is 20.8. The molecule has 0 amide bonds. The van der Waals surface area contributed by atoms with Gasteiger partial charge in [0.05, 0.1) is 22.1 Å². The minimum Gasteiger partial charge on any atom is -0.457 e. The molecule has 10 heteroatoms. The van der Waals surface area contributed by atoms with Crippen molar-refractivity contribution in [2.45, 2.75) is 29.3 Å². The lowest BCUT2D eigenvalue weighted by Crippen LogP contribution is -2.27. The Labute approximate surface area is 163 Å². The van der Waals surface area contributed by atoms with Crippen molar-refractivity contribution < 1.29 is 35.8 Å². The van der Waals surface area contributed by atoms with Crippen LogP contribution in [-0.4, -0.2) is 14.2 Å². The Hall–Kier alpha value is -3.19. The van der Waals surface area contributed by atoms with Gasteiger partial charge >= 0.3 is 5.76 Å². The van der Waals surface area contributed by atoms with E-state index in [4.69, 9.17) is 19.5 Å². The van der Waals surface area contributed by atoms with Crippen molar-refractivity contribution in [3.8, 4) is 17.6 Å². The number of benzene rings is 2. The van der Waals surface area contributed by atoms with Gasteiger partial charge in [-0.15, -0.1) is 0 Å². The van der Waals surface area contributed by atoms with Crippen molar-refractivity contribution in [3.63, 3.8) is 0 Å². The highest BCUT2D eigenvalue weighted by molar-refractivity contribution is 7.91. The highest BCUT2D eigenvalue weighted by Crippen LogP contribution is 2.50. The molecule has 2 aromatic carbocycles. The van der Waals surface area contributed by atoms with E-state index >= 15 is 0 Å². The first-order valence-corrected chi connectivity index (χ1v) is 9.89. The summed E-state index contributed by atoms with van der Waals surface area (Å²) < 4.78 is 81.1. The fourth-order valence-electron chi connectivity index (χ4n) is 3.47. The van der Waals surface area contributed by atoms with Gasteiger partial charge in [0.2, 0.25) is 9.84 Å². The van der Waals surface area contributed by atoms with Gasteiger partial charge < -0.3 is 14.2 Å². The number of sulfone groups is 1. The smallest absolute Gasteiger partial charge is 0.341 e. The Balaban J connectivity index is 1.86. The minimum atomic E-state index is -4.95. The van der Waals surface area contributed by atoms with Gasteiger partial charge in [0, 0.05) is 18.1 Å². The molecular formula is C19H12F3NO5S. The molecular weight excluding hydrogens is 411 g/mol. The maximum absolute atomic E-state index is 13.7. The van der Waals surface area contributed by atoms with Crippen molar-refractivity contribution in [2.75, 3.05) is 0 Å². The fraction of sp³-hybridized carbons (Fsp3) is 0.211. The molecule has 0 radical (unpaired) electrons. The summed E-state index contributed by atoms with van der Waals surface area (Å²) in [6.07, 6.45) is 2.77. The summed E-state index contributed by atoms with van der Waals surface area (Å²) in [6.45, 7) is 0. The largest absolute Gasteiger partial charge is 0.457 e. The molecule has 2 aliphatic rings. The van der Waals surface area contributed by atoms with Crippen LogP contribution in [-0.2, 0) is 31.5 Å². The van der Waals surface area contributed by atoms with E-state index in [1.807, 2.05) is 0 Å². The van der Waals surface area contributed by atoms with Gasteiger partial charge in [-0.1, -0.05) is 0 Å². The van der Waals surface area contributed by atoms with Crippen LogP contribution in [0.15, 0.2) is 47.8 Å². The number of alkyl halides is 2. The predicted molar refractivity (Wildman–Crippen MR) is 92.1 cm³/mol. The molecule has 0 saturated carbocycles. The van der Waals surface area contributed by atoms with E-state index in [1.54, 1.807) is 6.07 Å². The zero-order valence-corrected chi connectivity index (χ0v) is 15.4. The molecule has 29 heavy (non-hydrogen) atoms. The Morgan fingerprint density at radius 1 is 1.17 bits per heavy atom. The molecule has 150 valence electrons. The van der Waals surface area contributed by atoms with E-state index in [0.29, 0.717) is 0 Å². The number of fused-ring (bicyclic) bond motifs is 2. The number of ether oxygens (including phenoxy) is 3. The molecule has 0 fully saturated rings. The highest BCUT2D eigenvalue weighted by Gasteiger charge is 2.50. The van der Waals surface area contributed by atoms with Gasteiger partial charge in [0.1, 0.15) is 29.8 Å². The summed E-state index contributed by atoms with van der Waals surface area (Å²) in [7, 11) is -4.95. The topological polar surface area (TPSA) is 85.6 Å². The number of nitriles is 1. The zero-order valence-electron chi connectivity index (χ0n) is 14.6. The van der Waals surface area contributed by atoms with Crippen LogP contribution in [0.4, 0.5) is 13.2 Å². The third-order valence-electron chi connectivity index (χ3n) is 4.66. The molecule has 0 bridgehead atoms. The average Bonchev–Trinajstić information content (AvgIpc) is 3.30. The molecule has 1 spiro atoms. The van der Waals surface area contributed by atoms with Crippen molar-refractivity contribution in [2.24, 2.45) is 0 Å². The second-order valence-corrected chi connectivity index (χ2v) is 8.26. The van der Waals surface area contributed by atoms with Gasteiger partial charge in [0.25, 0.3) is 5.79 Å². The summed E-state index contributed by atoms with van der Waals surface area (Å²) in [5.74, 6) is -5.76. The van der Waals surface area contributed by atoms with Crippen LogP contribution >= 0.6 is 0 Å². The van der Waals surface area contributed by atoms with Crippen molar-refractivity contribution in [1.29, 1.82) is 5.26 Å².